The summed E-state index contributed by atoms with van der Waals surface area (Å²) in [4.78, 5) is 9.42. The topological polar surface area (TPSA) is 87.2 Å². The lowest BCUT2D eigenvalue weighted by molar-refractivity contribution is 0.281. The second kappa shape index (κ2) is 15.4. The third kappa shape index (κ3) is 7.33. The van der Waals surface area contributed by atoms with E-state index in [1.54, 1.807) is 13.2 Å². The molecule has 0 amide bonds. The molecule has 0 radical (unpaired) electrons. The number of fused-ring (bicyclic) bond motifs is 3. The SMILES string of the molecule is CCC[C@@H](CCO[Si](c1ccccc1)(c1ccccc1)C(C)(C)C)Nc1nc(N)nc2c3cc(F)ccc3n(Cc3cc(CCl)ccc3OC)c12. The molecule has 266 valence electrons. The number of nitrogen functional groups attached to an aromatic ring is 1. The number of methoxy groups -OCH3 is 1. The Bertz CT molecular complexity index is 2060. The van der Waals surface area contributed by atoms with Crippen LogP contribution in [0.15, 0.2) is 97.1 Å². The molecule has 6 aromatic rings. The summed E-state index contributed by atoms with van der Waals surface area (Å²) in [6.07, 6.45) is 2.58. The summed E-state index contributed by atoms with van der Waals surface area (Å²) in [5.41, 5.74) is 10.4. The Kier molecular flexibility index (Phi) is 11.0. The van der Waals surface area contributed by atoms with Gasteiger partial charge in [0.1, 0.15) is 22.6 Å². The summed E-state index contributed by atoms with van der Waals surface area (Å²) >= 11 is 6.24. The first-order chi connectivity index (χ1) is 24.6. The van der Waals surface area contributed by atoms with Crippen LogP contribution in [0, 0.1) is 5.82 Å². The van der Waals surface area contributed by atoms with E-state index in [1.807, 2.05) is 18.2 Å². The highest BCUT2D eigenvalue weighted by Gasteiger charge is 2.50. The molecule has 0 fully saturated rings. The Morgan fingerprint density at radius 2 is 1.61 bits per heavy atom. The maximum Gasteiger partial charge on any atom is 0.261 e. The van der Waals surface area contributed by atoms with Crippen LogP contribution in [0.4, 0.5) is 16.2 Å². The van der Waals surface area contributed by atoms with Crippen molar-refractivity contribution in [2.45, 2.75) is 70.5 Å². The number of ether oxygens (including phenoxy) is 1. The summed E-state index contributed by atoms with van der Waals surface area (Å²) in [6, 6.07) is 32.1. The van der Waals surface area contributed by atoms with Crippen LogP contribution >= 0.6 is 11.6 Å². The Morgan fingerprint density at radius 3 is 2.22 bits per heavy atom. The normalized spacial score (nSPS) is 12.8. The molecule has 0 aliphatic heterocycles. The maximum atomic E-state index is 14.7. The Morgan fingerprint density at radius 1 is 0.922 bits per heavy atom. The molecule has 4 aromatic carbocycles. The van der Waals surface area contributed by atoms with E-state index in [9.17, 15) is 4.39 Å². The van der Waals surface area contributed by atoms with E-state index in [1.165, 1.54) is 22.5 Å². The number of nitrogens with one attached hydrogen (secondary N) is 1. The summed E-state index contributed by atoms with van der Waals surface area (Å²) < 4.78 is 29.9. The van der Waals surface area contributed by atoms with Crippen molar-refractivity contribution in [3.05, 3.63) is 114 Å². The van der Waals surface area contributed by atoms with Crippen LogP contribution in [0.5, 0.6) is 5.75 Å². The Hall–Kier alpha value is -4.44. The zero-order chi connectivity index (χ0) is 36.2. The molecule has 0 saturated carbocycles. The fraction of sp³-hybridized carbons (Fsp3) is 0.317. The monoisotopic (exact) mass is 723 g/mol. The summed E-state index contributed by atoms with van der Waals surface area (Å²) in [6.45, 7) is 10.0. The lowest BCUT2D eigenvalue weighted by Crippen LogP contribution is -2.66. The number of rotatable bonds is 14. The van der Waals surface area contributed by atoms with E-state index >= 15 is 0 Å². The molecular formula is C41H47ClFN5O2Si. The van der Waals surface area contributed by atoms with Gasteiger partial charge in [-0.3, -0.25) is 0 Å². The van der Waals surface area contributed by atoms with Crippen LogP contribution in [0.3, 0.4) is 0 Å². The third-order valence-electron chi connectivity index (χ3n) is 9.68. The molecule has 51 heavy (non-hydrogen) atoms. The molecule has 0 aliphatic rings. The lowest BCUT2D eigenvalue weighted by Gasteiger charge is -2.43. The van der Waals surface area contributed by atoms with Crippen LogP contribution < -0.4 is 26.2 Å². The molecule has 7 nitrogen and oxygen atoms in total. The summed E-state index contributed by atoms with van der Waals surface area (Å²) in [5, 5.41) is 6.79. The minimum atomic E-state index is -2.71. The average Bonchev–Trinajstić information content (AvgIpc) is 3.42. The van der Waals surface area contributed by atoms with Gasteiger partial charge >= 0.3 is 0 Å². The van der Waals surface area contributed by atoms with E-state index < -0.39 is 8.32 Å². The van der Waals surface area contributed by atoms with Crippen molar-refractivity contribution >= 4 is 64.0 Å². The fourth-order valence-electron chi connectivity index (χ4n) is 7.39. The maximum absolute atomic E-state index is 14.7. The van der Waals surface area contributed by atoms with Crippen molar-refractivity contribution in [1.82, 2.24) is 14.5 Å². The van der Waals surface area contributed by atoms with Gasteiger partial charge in [0.25, 0.3) is 8.32 Å². The van der Waals surface area contributed by atoms with Gasteiger partial charge in [-0.1, -0.05) is 101 Å². The van der Waals surface area contributed by atoms with Gasteiger partial charge in [0.05, 0.1) is 19.2 Å². The van der Waals surface area contributed by atoms with E-state index in [4.69, 9.17) is 31.5 Å². The third-order valence-corrected chi connectivity index (χ3v) is 15.0. The van der Waals surface area contributed by atoms with Crippen molar-refractivity contribution < 1.29 is 13.6 Å². The highest BCUT2D eigenvalue weighted by Crippen LogP contribution is 2.38. The average molecular weight is 724 g/mol. The van der Waals surface area contributed by atoms with Crippen molar-refractivity contribution in [3.63, 3.8) is 0 Å². The molecule has 0 spiro atoms. The second-order valence-corrected chi connectivity index (χ2v) is 18.7. The first-order valence-corrected chi connectivity index (χ1v) is 20.0. The highest BCUT2D eigenvalue weighted by molar-refractivity contribution is 6.99. The van der Waals surface area contributed by atoms with E-state index in [0.29, 0.717) is 35.8 Å². The molecule has 10 heteroatoms. The molecule has 6 rings (SSSR count). The number of nitrogens with zero attached hydrogens (tertiary/aromatic N) is 3. The Labute approximate surface area is 306 Å². The van der Waals surface area contributed by atoms with Gasteiger partial charge in [-0.05, 0) is 64.1 Å². The highest BCUT2D eigenvalue weighted by atomic mass is 35.5. The number of alkyl halides is 1. The molecule has 3 N–H and O–H groups in total. The predicted octanol–water partition coefficient (Wildman–Crippen LogP) is 8.65. The summed E-state index contributed by atoms with van der Waals surface area (Å²) in [7, 11) is -1.06. The molecule has 0 bridgehead atoms. The number of nitrogens with two attached hydrogens (primary N) is 1. The van der Waals surface area contributed by atoms with Gasteiger partial charge < -0.3 is 24.8 Å². The largest absolute Gasteiger partial charge is 0.496 e. The first-order valence-electron chi connectivity index (χ1n) is 17.6. The number of aromatic nitrogens is 3. The fourth-order valence-corrected chi connectivity index (χ4v) is 12.1. The van der Waals surface area contributed by atoms with Gasteiger partial charge in [0, 0.05) is 29.5 Å². The standard InChI is InChI=1S/C41H47ClFN5O2Si/c1-6-13-31(22-23-50-51(41(2,3)4,32-14-9-7-10-15-32)33-16-11-8-12-17-33)45-39-38-37(46-40(44)47-39)34-25-30(43)19-20-35(34)48(38)27-29-24-28(26-42)18-21-36(29)49-5/h7-12,14-21,24-25,31H,6,13,22-23,26-27H2,1-5H3,(H3,44,45,46,47)/t31-/m0/s1. The van der Waals surface area contributed by atoms with Crippen molar-refractivity contribution in [1.29, 1.82) is 0 Å². The van der Waals surface area contributed by atoms with E-state index in [2.05, 4.69) is 103 Å². The molecule has 1 atom stereocenters. The van der Waals surface area contributed by atoms with Gasteiger partial charge in [-0.2, -0.15) is 4.98 Å². The van der Waals surface area contributed by atoms with Gasteiger partial charge in [-0.15, -0.1) is 11.6 Å². The summed E-state index contributed by atoms with van der Waals surface area (Å²) in [5.74, 6) is 1.48. The quantitative estimate of drug-likeness (QED) is 0.0865. The number of halogens is 2. The predicted molar refractivity (Wildman–Crippen MR) is 212 cm³/mol. The molecule has 0 unspecified atom stereocenters. The number of hydrogen-bond donors (Lipinski definition) is 2. The van der Waals surface area contributed by atoms with Crippen molar-refractivity contribution in [3.8, 4) is 5.75 Å². The molecule has 0 aliphatic carbocycles. The van der Waals surface area contributed by atoms with E-state index in [-0.39, 0.29) is 22.8 Å². The van der Waals surface area contributed by atoms with Crippen LogP contribution in [-0.4, -0.2) is 42.6 Å². The van der Waals surface area contributed by atoms with Crippen LogP contribution in [0.1, 0.15) is 58.1 Å². The van der Waals surface area contributed by atoms with Gasteiger partial charge in [0.15, 0.2) is 5.82 Å². The molecular weight excluding hydrogens is 677 g/mol. The number of hydrogen-bond acceptors (Lipinski definition) is 6. The van der Waals surface area contributed by atoms with Crippen LogP contribution in [0.2, 0.25) is 5.04 Å². The number of anilines is 2. The first kappa shape index (κ1) is 36.4. The zero-order valence-corrected chi connectivity index (χ0v) is 31.8. The zero-order valence-electron chi connectivity index (χ0n) is 30.0. The minimum absolute atomic E-state index is 0.0167. The molecule has 0 saturated heterocycles. The van der Waals surface area contributed by atoms with Crippen molar-refractivity contribution in [2.24, 2.45) is 0 Å². The van der Waals surface area contributed by atoms with Gasteiger partial charge in [-0.25, -0.2) is 9.37 Å². The smallest absolute Gasteiger partial charge is 0.261 e. The van der Waals surface area contributed by atoms with Gasteiger partial charge in [0.2, 0.25) is 5.95 Å². The van der Waals surface area contributed by atoms with Crippen LogP contribution in [-0.2, 0) is 16.9 Å². The lowest BCUT2D eigenvalue weighted by atomic mass is 10.1. The van der Waals surface area contributed by atoms with Crippen LogP contribution in [0.25, 0.3) is 21.9 Å². The Balaban J connectivity index is 1.39. The molecule has 2 aromatic heterocycles. The second-order valence-electron chi connectivity index (χ2n) is 14.1. The van der Waals surface area contributed by atoms with Crippen molar-refractivity contribution in [2.75, 3.05) is 24.8 Å². The number of benzene rings is 4. The molecule has 2 heterocycles. The van der Waals surface area contributed by atoms with E-state index in [0.717, 1.165) is 47.2 Å². The minimum Gasteiger partial charge on any atom is -0.496 e.